The molecule has 3 atom stereocenters. The fraction of sp³-hybridized carbons (Fsp3) is 0.923. The first-order valence-electron chi connectivity index (χ1n) is 7.57. The summed E-state index contributed by atoms with van der Waals surface area (Å²) >= 11 is 0. The number of piperidine rings is 1. The third-order valence-electron chi connectivity index (χ3n) is 4.36. The van der Waals surface area contributed by atoms with Crippen LogP contribution in [0.25, 0.3) is 0 Å². The van der Waals surface area contributed by atoms with Gasteiger partial charge in [0.1, 0.15) is 6.04 Å². The van der Waals surface area contributed by atoms with Gasteiger partial charge < -0.3 is 10.2 Å². The van der Waals surface area contributed by atoms with Crippen LogP contribution in [0, 0.1) is 5.92 Å². The molecule has 0 aromatic rings. The van der Waals surface area contributed by atoms with Crippen LogP contribution < -0.4 is 4.72 Å². The molecule has 3 N–H and O–H groups in total. The van der Waals surface area contributed by atoms with Gasteiger partial charge in [0.15, 0.2) is 0 Å². The van der Waals surface area contributed by atoms with Gasteiger partial charge >= 0.3 is 5.97 Å². The van der Waals surface area contributed by atoms with Crippen LogP contribution in [0.3, 0.4) is 0 Å². The molecule has 0 radical (unpaired) electrons. The van der Waals surface area contributed by atoms with Crippen molar-refractivity contribution >= 4 is 16.2 Å². The van der Waals surface area contributed by atoms with Crippen LogP contribution in [0.2, 0.25) is 0 Å². The Balaban J connectivity index is 1.95. The minimum absolute atomic E-state index is 0.122. The molecule has 1 saturated carbocycles. The van der Waals surface area contributed by atoms with E-state index < -0.39 is 22.2 Å². The molecule has 2 fully saturated rings. The van der Waals surface area contributed by atoms with Gasteiger partial charge in [0, 0.05) is 13.1 Å². The number of hydrogen-bond acceptors (Lipinski definition) is 4. The van der Waals surface area contributed by atoms with Gasteiger partial charge in [-0.2, -0.15) is 12.7 Å². The first kappa shape index (κ1) is 16.7. The summed E-state index contributed by atoms with van der Waals surface area (Å²) in [6, 6.07) is -0.965. The Morgan fingerprint density at radius 2 is 1.95 bits per heavy atom. The number of nitrogens with one attached hydrogen (secondary N) is 1. The number of hydrogen-bond donors (Lipinski definition) is 3. The Morgan fingerprint density at radius 1 is 1.19 bits per heavy atom. The molecule has 0 spiro atoms. The Kier molecular flexibility index (Phi) is 5.59. The van der Waals surface area contributed by atoms with Crippen LogP contribution in [0.15, 0.2) is 0 Å². The molecule has 7 nitrogen and oxygen atoms in total. The van der Waals surface area contributed by atoms with Crippen LogP contribution >= 0.6 is 0 Å². The van der Waals surface area contributed by atoms with E-state index >= 15 is 0 Å². The molecule has 1 heterocycles. The minimum Gasteiger partial charge on any atom is -0.480 e. The molecule has 8 heteroatoms. The van der Waals surface area contributed by atoms with E-state index in [1.54, 1.807) is 0 Å². The Bertz CT molecular complexity index is 467. The number of carbonyl (C=O) groups is 1. The molecular weight excluding hydrogens is 296 g/mol. The zero-order chi connectivity index (χ0) is 15.5. The van der Waals surface area contributed by atoms with Crippen molar-refractivity contribution in [2.45, 2.75) is 57.1 Å². The van der Waals surface area contributed by atoms with Gasteiger partial charge in [0.2, 0.25) is 0 Å². The first-order valence-corrected chi connectivity index (χ1v) is 9.01. The largest absolute Gasteiger partial charge is 0.480 e. The van der Waals surface area contributed by atoms with Gasteiger partial charge in [-0.3, -0.25) is 4.79 Å². The summed E-state index contributed by atoms with van der Waals surface area (Å²) in [5.41, 5.74) is 0. The summed E-state index contributed by atoms with van der Waals surface area (Å²) in [7, 11) is -3.77. The normalized spacial score (nSPS) is 32.0. The second-order valence-electron chi connectivity index (χ2n) is 6.00. The molecule has 0 aromatic carbocycles. The van der Waals surface area contributed by atoms with E-state index in [1.807, 2.05) is 0 Å². The zero-order valence-corrected chi connectivity index (χ0v) is 12.9. The van der Waals surface area contributed by atoms with Crippen LogP contribution in [0.1, 0.15) is 44.9 Å². The first-order chi connectivity index (χ1) is 9.90. The number of aliphatic carboxylic acids is 1. The summed E-state index contributed by atoms with van der Waals surface area (Å²) in [6.45, 7) is 0.516. The van der Waals surface area contributed by atoms with E-state index in [4.69, 9.17) is 5.11 Å². The number of aliphatic hydroxyl groups excluding tert-OH is 1. The summed E-state index contributed by atoms with van der Waals surface area (Å²) in [5.74, 6) is -0.968. The van der Waals surface area contributed by atoms with Gasteiger partial charge in [0.25, 0.3) is 10.2 Å². The maximum atomic E-state index is 12.3. The maximum Gasteiger partial charge on any atom is 0.322 e. The molecule has 122 valence electrons. The van der Waals surface area contributed by atoms with Crippen LogP contribution in [-0.4, -0.2) is 54.1 Å². The number of aliphatic hydroxyl groups is 1. The number of carboxylic acids is 1. The van der Waals surface area contributed by atoms with Gasteiger partial charge in [-0.1, -0.05) is 6.42 Å². The molecule has 1 saturated heterocycles. The van der Waals surface area contributed by atoms with Crippen LogP contribution in [0.4, 0.5) is 0 Å². The van der Waals surface area contributed by atoms with Crippen molar-refractivity contribution in [3.05, 3.63) is 0 Å². The highest BCUT2D eigenvalue weighted by atomic mass is 32.2. The van der Waals surface area contributed by atoms with E-state index in [0.717, 1.165) is 30.0 Å². The zero-order valence-electron chi connectivity index (χ0n) is 12.1. The molecule has 21 heavy (non-hydrogen) atoms. The van der Waals surface area contributed by atoms with Gasteiger partial charge in [-0.05, 0) is 44.4 Å². The standard InChI is InChI=1S/C13H24N2O5S/c16-11-5-3-4-10(8-11)9-14-21(19,20)15-7-2-1-6-12(15)13(17)18/h10-12,14,16H,1-9H2,(H,17,18). The molecule has 1 aliphatic heterocycles. The second kappa shape index (κ2) is 7.04. The molecular formula is C13H24N2O5S. The lowest BCUT2D eigenvalue weighted by atomic mass is 9.87. The lowest BCUT2D eigenvalue weighted by Crippen LogP contribution is -2.52. The monoisotopic (exact) mass is 320 g/mol. The van der Waals surface area contributed by atoms with Gasteiger partial charge in [-0.15, -0.1) is 0 Å². The van der Waals surface area contributed by atoms with Crippen molar-refractivity contribution in [1.82, 2.24) is 9.03 Å². The average molecular weight is 320 g/mol. The van der Waals surface area contributed by atoms with Crippen LogP contribution in [-0.2, 0) is 15.0 Å². The lowest BCUT2D eigenvalue weighted by Gasteiger charge is -2.33. The summed E-state index contributed by atoms with van der Waals surface area (Å²) in [5, 5.41) is 18.8. The smallest absolute Gasteiger partial charge is 0.322 e. The maximum absolute atomic E-state index is 12.3. The molecule has 2 aliphatic rings. The van der Waals surface area contributed by atoms with Crippen molar-refractivity contribution in [1.29, 1.82) is 0 Å². The predicted molar refractivity (Wildman–Crippen MR) is 76.9 cm³/mol. The lowest BCUT2D eigenvalue weighted by molar-refractivity contribution is -0.142. The Labute approximate surface area is 125 Å². The third kappa shape index (κ3) is 4.38. The fourth-order valence-electron chi connectivity index (χ4n) is 3.19. The summed E-state index contributed by atoms with van der Waals surface area (Å²) in [4.78, 5) is 11.2. The number of rotatable bonds is 5. The highest BCUT2D eigenvalue weighted by molar-refractivity contribution is 7.87. The fourth-order valence-corrected chi connectivity index (χ4v) is 4.71. The SMILES string of the molecule is O=C(O)C1CCCCN1S(=O)(=O)NCC1CCCC(O)C1. The van der Waals surface area contributed by atoms with Crippen molar-refractivity contribution < 1.29 is 23.4 Å². The summed E-state index contributed by atoms with van der Waals surface area (Å²) in [6.07, 6.45) is 4.59. The quantitative estimate of drug-likeness (QED) is 0.676. The topological polar surface area (TPSA) is 107 Å². The van der Waals surface area contributed by atoms with Crippen molar-refractivity contribution in [2.75, 3.05) is 13.1 Å². The van der Waals surface area contributed by atoms with Crippen molar-refractivity contribution in [3.8, 4) is 0 Å². The van der Waals surface area contributed by atoms with E-state index in [0.29, 0.717) is 19.3 Å². The summed E-state index contributed by atoms with van der Waals surface area (Å²) < 4.78 is 28.2. The van der Waals surface area contributed by atoms with Crippen molar-refractivity contribution in [2.24, 2.45) is 5.92 Å². The van der Waals surface area contributed by atoms with E-state index in [9.17, 15) is 18.3 Å². The highest BCUT2D eigenvalue weighted by Crippen LogP contribution is 2.24. The number of carboxylic acid groups (broad SMARTS) is 1. The minimum atomic E-state index is -3.77. The molecule has 1 aliphatic carbocycles. The Hall–Kier alpha value is -0.700. The van der Waals surface area contributed by atoms with Gasteiger partial charge in [-0.25, -0.2) is 4.72 Å². The highest BCUT2D eigenvalue weighted by Gasteiger charge is 2.37. The molecule has 2 rings (SSSR count). The molecule has 0 amide bonds. The van der Waals surface area contributed by atoms with E-state index in [2.05, 4.69) is 4.72 Å². The predicted octanol–water partition coefficient (Wildman–Crippen LogP) is 0.311. The molecule has 0 aromatic heterocycles. The van der Waals surface area contributed by atoms with Gasteiger partial charge in [0.05, 0.1) is 6.10 Å². The van der Waals surface area contributed by atoms with Crippen LogP contribution in [0.5, 0.6) is 0 Å². The average Bonchev–Trinajstić information content (AvgIpc) is 2.45. The van der Waals surface area contributed by atoms with E-state index in [-0.39, 0.29) is 25.1 Å². The third-order valence-corrected chi connectivity index (χ3v) is 5.94. The van der Waals surface area contributed by atoms with E-state index in [1.165, 1.54) is 0 Å². The van der Waals surface area contributed by atoms with Crippen molar-refractivity contribution in [3.63, 3.8) is 0 Å². The molecule has 0 bridgehead atoms. The Morgan fingerprint density at radius 3 is 2.62 bits per heavy atom. The molecule has 3 unspecified atom stereocenters. The number of nitrogens with zero attached hydrogens (tertiary/aromatic N) is 1. The second-order valence-corrected chi connectivity index (χ2v) is 7.71.